The number of rotatable bonds is 4. The molecule has 2 aromatic rings. The van der Waals surface area contributed by atoms with Gasteiger partial charge >= 0.3 is 5.97 Å². The number of carbonyl (C=O) groups excluding carboxylic acids is 1. The maximum absolute atomic E-state index is 14.3. The molecule has 4 rings (SSSR count). The highest BCUT2D eigenvalue weighted by molar-refractivity contribution is 6.31. The maximum atomic E-state index is 14.3. The van der Waals surface area contributed by atoms with Crippen LogP contribution < -0.4 is 0 Å². The Kier molecular flexibility index (Phi) is 4.47. The van der Waals surface area contributed by atoms with E-state index in [1.54, 1.807) is 16.8 Å². The number of hydrogen-bond donors (Lipinski definition) is 0. The van der Waals surface area contributed by atoms with Crippen molar-refractivity contribution in [1.29, 1.82) is 0 Å². The summed E-state index contributed by atoms with van der Waals surface area (Å²) < 4.78 is 21.7. The molecule has 1 aromatic heterocycles. The minimum atomic E-state index is -0.480. The summed E-state index contributed by atoms with van der Waals surface area (Å²) in [6, 6.07) is 4.63. The van der Waals surface area contributed by atoms with Gasteiger partial charge in [0.25, 0.3) is 0 Å². The van der Waals surface area contributed by atoms with Gasteiger partial charge in [-0.15, -0.1) is 0 Å². The quantitative estimate of drug-likeness (QED) is 0.755. The normalized spacial score (nSPS) is 21.5. The second-order valence-electron chi connectivity index (χ2n) is 7.10. The molecular formula is C19H21ClFN3O2. The molecule has 2 fully saturated rings. The molecule has 5 nitrogen and oxygen atoms in total. The Hall–Kier alpha value is -1.95. The van der Waals surface area contributed by atoms with Gasteiger partial charge < -0.3 is 4.74 Å². The highest BCUT2D eigenvalue weighted by Gasteiger charge is 2.53. The summed E-state index contributed by atoms with van der Waals surface area (Å²) in [4.78, 5) is 16.8. The zero-order chi connectivity index (χ0) is 18.3. The van der Waals surface area contributed by atoms with Crippen molar-refractivity contribution in [2.45, 2.75) is 63.5 Å². The third-order valence-corrected chi connectivity index (χ3v) is 5.87. The summed E-state index contributed by atoms with van der Waals surface area (Å²) in [6.07, 6.45) is 4.73. The van der Waals surface area contributed by atoms with Gasteiger partial charge in [0, 0.05) is 17.0 Å². The molecule has 1 aliphatic heterocycles. The van der Waals surface area contributed by atoms with E-state index in [2.05, 4.69) is 10.1 Å². The van der Waals surface area contributed by atoms with E-state index in [0.717, 1.165) is 25.7 Å². The largest absolute Gasteiger partial charge is 0.458 e. The molecule has 2 heterocycles. The van der Waals surface area contributed by atoms with Crippen LogP contribution in [-0.2, 0) is 22.5 Å². The zero-order valence-corrected chi connectivity index (χ0v) is 15.4. The zero-order valence-electron chi connectivity index (χ0n) is 14.7. The van der Waals surface area contributed by atoms with Crippen LogP contribution in [0.1, 0.15) is 62.2 Å². The van der Waals surface area contributed by atoms with Gasteiger partial charge in [0.05, 0.1) is 18.9 Å². The second kappa shape index (κ2) is 6.65. The summed E-state index contributed by atoms with van der Waals surface area (Å²) in [7, 11) is 0. The molecule has 0 unspecified atom stereocenters. The first-order valence-electron chi connectivity index (χ1n) is 9.11. The van der Waals surface area contributed by atoms with E-state index < -0.39 is 5.60 Å². The third kappa shape index (κ3) is 2.90. The molecular weight excluding hydrogens is 357 g/mol. The molecule has 1 saturated heterocycles. The van der Waals surface area contributed by atoms with Gasteiger partial charge in [-0.3, -0.25) is 4.79 Å². The van der Waals surface area contributed by atoms with Crippen LogP contribution in [0.2, 0.25) is 5.02 Å². The lowest BCUT2D eigenvalue weighted by molar-refractivity contribution is -0.148. The average molecular weight is 378 g/mol. The summed E-state index contributed by atoms with van der Waals surface area (Å²) in [5.74, 6) is 0.685. The van der Waals surface area contributed by atoms with Crippen molar-refractivity contribution >= 4 is 17.6 Å². The molecule has 1 saturated carbocycles. The van der Waals surface area contributed by atoms with Crippen molar-refractivity contribution in [1.82, 2.24) is 14.8 Å². The smallest absolute Gasteiger partial charge is 0.307 e. The van der Waals surface area contributed by atoms with Crippen LogP contribution in [0.25, 0.3) is 0 Å². The Morgan fingerprint density at radius 2 is 2.15 bits per heavy atom. The first-order chi connectivity index (χ1) is 12.5. The molecule has 1 atom stereocenters. The van der Waals surface area contributed by atoms with Gasteiger partial charge in [-0.25, -0.2) is 14.1 Å². The van der Waals surface area contributed by atoms with Crippen LogP contribution in [0.15, 0.2) is 18.2 Å². The fourth-order valence-corrected chi connectivity index (χ4v) is 4.43. The molecule has 138 valence electrons. The topological polar surface area (TPSA) is 57.0 Å². The summed E-state index contributed by atoms with van der Waals surface area (Å²) in [5.41, 5.74) is -0.0972. The Bertz CT molecular complexity index is 825. The summed E-state index contributed by atoms with van der Waals surface area (Å²) in [6.45, 7) is 2.16. The van der Waals surface area contributed by atoms with E-state index in [1.165, 1.54) is 6.07 Å². The van der Waals surface area contributed by atoms with Gasteiger partial charge in [-0.05, 0) is 37.8 Å². The fraction of sp³-hybridized carbons (Fsp3) is 0.526. The van der Waals surface area contributed by atoms with Crippen molar-refractivity contribution < 1.29 is 13.9 Å². The molecule has 0 radical (unpaired) electrons. The van der Waals surface area contributed by atoms with Crippen molar-refractivity contribution in [3.05, 3.63) is 46.3 Å². The number of esters is 1. The second-order valence-corrected chi connectivity index (χ2v) is 7.51. The number of ether oxygens (including phenoxy) is 1. The lowest BCUT2D eigenvalue weighted by Crippen LogP contribution is -2.32. The van der Waals surface area contributed by atoms with Crippen LogP contribution >= 0.6 is 11.6 Å². The molecule has 0 bridgehead atoms. The van der Waals surface area contributed by atoms with E-state index in [4.69, 9.17) is 16.3 Å². The van der Waals surface area contributed by atoms with Crippen molar-refractivity contribution in [2.24, 2.45) is 0 Å². The predicted octanol–water partition coefficient (Wildman–Crippen LogP) is 4.02. The monoisotopic (exact) mass is 377 g/mol. The molecule has 1 aliphatic carbocycles. The number of hydrogen-bond acceptors (Lipinski definition) is 4. The number of aromatic nitrogens is 3. The molecule has 0 amide bonds. The highest BCUT2D eigenvalue weighted by atomic mass is 35.5. The minimum absolute atomic E-state index is 0.143. The predicted molar refractivity (Wildman–Crippen MR) is 94.6 cm³/mol. The van der Waals surface area contributed by atoms with Crippen molar-refractivity contribution in [3.63, 3.8) is 0 Å². The summed E-state index contributed by atoms with van der Waals surface area (Å²) >= 11 is 6.20. The highest BCUT2D eigenvalue weighted by Crippen LogP contribution is 2.50. The molecule has 1 spiro atoms. The number of nitrogens with zero attached hydrogens (tertiary/aromatic N) is 3. The van der Waals surface area contributed by atoms with E-state index in [9.17, 15) is 9.18 Å². The molecule has 0 N–H and O–H groups in total. The minimum Gasteiger partial charge on any atom is -0.458 e. The number of benzene rings is 1. The fourth-order valence-electron chi connectivity index (χ4n) is 4.20. The van der Waals surface area contributed by atoms with Crippen LogP contribution in [0.4, 0.5) is 4.39 Å². The van der Waals surface area contributed by atoms with Crippen molar-refractivity contribution in [2.75, 3.05) is 0 Å². The Labute approximate surface area is 156 Å². The van der Waals surface area contributed by atoms with E-state index >= 15 is 0 Å². The van der Waals surface area contributed by atoms with Crippen LogP contribution in [0.5, 0.6) is 0 Å². The lowest BCUT2D eigenvalue weighted by atomic mass is 9.85. The Morgan fingerprint density at radius 1 is 1.38 bits per heavy atom. The molecule has 7 heteroatoms. The van der Waals surface area contributed by atoms with Gasteiger partial charge in [-0.2, -0.15) is 5.10 Å². The Balaban J connectivity index is 1.75. The maximum Gasteiger partial charge on any atom is 0.307 e. The number of halogens is 2. The van der Waals surface area contributed by atoms with Gasteiger partial charge in [0.15, 0.2) is 5.82 Å². The van der Waals surface area contributed by atoms with E-state index in [-0.39, 0.29) is 24.2 Å². The van der Waals surface area contributed by atoms with E-state index in [0.29, 0.717) is 35.1 Å². The SMILES string of the molecule is CCc1nc([C@@H]2CC(=O)OC23CCCC3)n(Cc2c(F)cccc2Cl)n1. The van der Waals surface area contributed by atoms with Gasteiger partial charge in [0.1, 0.15) is 17.2 Å². The first kappa shape index (κ1) is 17.5. The summed E-state index contributed by atoms with van der Waals surface area (Å²) in [5, 5.41) is 4.90. The van der Waals surface area contributed by atoms with Gasteiger partial charge in [-0.1, -0.05) is 24.6 Å². The van der Waals surface area contributed by atoms with Crippen LogP contribution in [0.3, 0.4) is 0 Å². The molecule has 2 aliphatic rings. The number of carbonyl (C=O) groups is 1. The first-order valence-corrected chi connectivity index (χ1v) is 9.48. The van der Waals surface area contributed by atoms with Crippen molar-refractivity contribution in [3.8, 4) is 0 Å². The molecule has 26 heavy (non-hydrogen) atoms. The van der Waals surface area contributed by atoms with Crippen LogP contribution in [-0.4, -0.2) is 26.3 Å². The standard InChI is InChI=1S/C19H21ClFN3O2/c1-2-16-22-18(13-10-17(25)26-19(13)8-3-4-9-19)24(23-16)11-12-14(20)6-5-7-15(12)21/h5-7,13H,2-4,8-11H2,1H3/t13-/m0/s1. The molecule has 1 aromatic carbocycles. The third-order valence-electron chi connectivity index (χ3n) is 5.51. The Morgan fingerprint density at radius 3 is 2.85 bits per heavy atom. The van der Waals surface area contributed by atoms with E-state index in [1.807, 2.05) is 6.92 Å². The van der Waals surface area contributed by atoms with Crippen LogP contribution in [0, 0.1) is 5.82 Å². The van der Waals surface area contributed by atoms with Gasteiger partial charge in [0.2, 0.25) is 0 Å². The number of aryl methyl sites for hydroxylation is 1. The lowest BCUT2D eigenvalue weighted by Gasteiger charge is -2.28. The average Bonchev–Trinajstić information content (AvgIpc) is 3.31.